The number of imidazole rings is 1. The van der Waals surface area contributed by atoms with Gasteiger partial charge in [0, 0.05) is 71.7 Å². The highest BCUT2D eigenvalue weighted by Gasteiger charge is 2.38. The second-order valence-corrected chi connectivity index (χ2v) is 23.3. The van der Waals surface area contributed by atoms with Crippen LogP contribution in [0.25, 0.3) is 111 Å². The van der Waals surface area contributed by atoms with Gasteiger partial charge >= 0.3 is 0 Å². The first kappa shape index (κ1) is 43.3. The second kappa shape index (κ2) is 15.1. The molecule has 9 aromatic carbocycles. The number of para-hydroxylation sites is 2. The summed E-state index contributed by atoms with van der Waals surface area (Å²) in [5, 5.41) is 10.8. The summed E-state index contributed by atoms with van der Waals surface area (Å²) in [5.74, 6) is 0.903. The second-order valence-electron chi connectivity index (χ2n) is 23.3. The minimum atomic E-state index is 0.0342. The number of benzene rings is 9. The van der Waals surface area contributed by atoms with E-state index in [-0.39, 0.29) is 16.2 Å². The Kier molecular flexibility index (Phi) is 8.86. The van der Waals surface area contributed by atoms with Crippen molar-refractivity contribution in [1.29, 1.82) is 0 Å². The molecule has 0 unspecified atom stereocenters. The van der Waals surface area contributed by atoms with Crippen LogP contribution in [0, 0.1) is 0 Å². The Balaban J connectivity index is 1.02. The largest absolute Gasteiger partial charge is 0.456 e. The van der Waals surface area contributed by atoms with E-state index in [9.17, 15) is 0 Å². The van der Waals surface area contributed by atoms with E-state index < -0.39 is 0 Å². The van der Waals surface area contributed by atoms with Crippen molar-refractivity contribution in [3.05, 3.63) is 187 Å². The predicted molar refractivity (Wildman–Crippen MR) is 310 cm³/mol. The maximum absolute atomic E-state index is 7.04. The van der Waals surface area contributed by atoms with Crippen LogP contribution in [0.5, 0.6) is 0 Å². The van der Waals surface area contributed by atoms with Gasteiger partial charge in [0.05, 0.1) is 16.6 Å². The minimum Gasteiger partial charge on any atom is -0.456 e. The molecule has 4 aromatic heterocycles. The monoisotopic (exact) mass is 957 g/mol. The molecule has 6 nitrogen and oxygen atoms in total. The Hall–Kier alpha value is -8.29. The molecule has 1 aliphatic heterocycles. The molecule has 0 amide bonds. The van der Waals surface area contributed by atoms with Gasteiger partial charge in [-0.25, -0.2) is 4.98 Å². The number of anilines is 2. The van der Waals surface area contributed by atoms with Crippen LogP contribution in [0.4, 0.5) is 11.4 Å². The van der Waals surface area contributed by atoms with Gasteiger partial charge in [0.15, 0.2) is 7.28 Å². The zero-order chi connectivity index (χ0) is 50.0. The van der Waals surface area contributed by atoms with E-state index in [2.05, 4.69) is 234 Å². The van der Waals surface area contributed by atoms with Gasteiger partial charge in [0.25, 0.3) is 0 Å². The molecular formula is C67H54BN4O2. The number of nitrogens with one attached hydrogen (secondary N) is 1. The standard InChI is InChI=1S/C67H54BN4O2/c1-65(2,3)39-22-24-40(25-23-39)69-53-31-48-47-30-50-51(67(6,7)29-28-66(50,4)5)35-61(47)74-59(48)33-45(53)43-26-27-44-46-34-60-49(42-20-14-15-21-58(42)73-60)32-55(46)72-56-37-57-54(36-52(56)68-62(43)63(44)72)70-64(38-16-10-8-11-17-38)71(57)41-18-12-9-13-19-41/h8-27,30-37,69H,28-29H2,1-7H3. The predicted octanol–water partition coefficient (Wildman–Crippen LogP) is 16.6. The molecular weight excluding hydrogens is 904 g/mol. The number of hydrogen-bond acceptors (Lipinski definition) is 4. The number of nitrogens with zero attached hydrogens (tertiary/aromatic N) is 3. The van der Waals surface area contributed by atoms with Crippen molar-refractivity contribution >= 4 is 106 Å². The van der Waals surface area contributed by atoms with Crippen LogP contribution in [0.1, 0.15) is 78.0 Å². The van der Waals surface area contributed by atoms with Crippen LogP contribution in [-0.4, -0.2) is 21.4 Å². The number of rotatable bonds is 5. The van der Waals surface area contributed by atoms with Gasteiger partial charge in [0.1, 0.15) is 28.2 Å². The lowest BCUT2D eigenvalue weighted by Gasteiger charge is -2.41. The molecule has 0 spiro atoms. The van der Waals surface area contributed by atoms with Crippen molar-refractivity contribution in [3.8, 4) is 33.9 Å². The quantitative estimate of drug-likeness (QED) is 0.175. The summed E-state index contributed by atoms with van der Waals surface area (Å²) in [6.45, 7) is 16.4. The molecule has 0 saturated carbocycles. The molecule has 1 aliphatic carbocycles. The van der Waals surface area contributed by atoms with E-state index in [1.165, 1.54) is 16.7 Å². The fourth-order valence-corrected chi connectivity index (χ4v) is 12.6. The van der Waals surface area contributed by atoms with E-state index in [0.29, 0.717) is 0 Å². The topological polar surface area (TPSA) is 61.1 Å². The van der Waals surface area contributed by atoms with Crippen LogP contribution in [0.3, 0.4) is 0 Å². The van der Waals surface area contributed by atoms with E-state index in [4.69, 9.17) is 13.8 Å². The van der Waals surface area contributed by atoms with Crippen molar-refractivity contribution < 1.29 is 8.83 Å². The number of aromatic nitrogens is 3. The lowest BCUT2D eigenvalue weighted by atomic mass is 9.59. The van der Waals surface area contributed by atoms with Crippen LogP contribution in [0.2, 0.25) is 0 Å². The Labute approximate surface area is 430 Å². The molecule has 0 bridgehead atoms. The molecule has 1 N–H and O–H groups in total. The molecule has 357 valence electrons. The summed E-state index contributed by atoms with van der Waals surface area (Å²) in [4.78, 5) is 5.45. The lowest BCUT2D eigenvalue weighted by molar-refractivity contribution is 0.332. The average Bonchev–Trinajstić information content (AvgIpc) is 4.15. The Morgan fingerprint density at radius 2 is 1.20 bits per heavy atom. The maximum atomic E-state index is 7.04. The molecule has 13 aromatic rings. The smallest absolute Gasteiger partial charge is 0.198 e. The lowest BCUT2D eigenvalue weighted by Crippen LogP contribution is -2.37. The van der Waals surface area contributed by atoms with Gasteiger partial charge in [-0.2, -0.15) is 0 Å². The highest BCUT2D eigenvalue weighted by molar-refractivity contribution is 6.73. The average molecular weight is 958 g/mol. The zero-order valence-corrected chi connectivity index (χ0v) is 42.8. The molecule has 0 saturated heterocycles. The van der Waals surface area contributed by atoms with Crippen LogP contribution >= 0.6 is 0 Å². The summed E-state index contributed by atoms with van der Waals surface area (Å²) in [6.07, 6.45) is 2.29. The van der Waals surface area contributed by atoms with E-state index in [1.807, 2.05) is 6.07 Å². The number of furan rings is 2. The van der Waals surface area contributed by atoms with Crippen molar-refractivity contribution in [1.82, 2.24) is 14.1 Å². The third kappa shape index (κ3) is 6.35. The van der Waals surface area contributed by atoms with Crippen LogP contribution in [0.15, 0.2) is 179 Å². The van der Waals surface area contributed by atoms with Gasteiger partial charge < -0.3 is 18.7 Å². The summed E-state index contributed by atoms with van der Waals surface area (Å²) in [7, 11) is 2.40. The summed E-state index contributed by atoms with van der Waals surface area (Å²) < 4.78 is 18.5. The highest BCUT2D eigenvalue weighted by Crippen LogP contribution is 2.50. The normalized spacial score (nSPS) is 14.9. The van der Waals surface area contributed by atoms with Gasteiger partial charge in [-0.3, -0.25) is 4.57 Å². The van der Waals surface area contributed by atoms with E-state index in [1.54, 1.807) is 0 Å². The molecule has 1 radical (unpaired) electrons. The molecule has 7 heteroatoms. The van der Waals surface area contributed by atoms with E-state index in [0.717, 1.165) is 146 Å². The molecule has 15 rings (SSSR count). The van der Waals surface area contributed by atoms with Crippen molar-refractivity contribution in [3.63, 3.8) is 0 Å². The fraction of sp³-hybridized carbons (Fsp3) is 0.179. The zero-order valence-electron chi connectivity index (χ0n) is 42.8. The summed E-state index contributed by atoms with van der Waals surface area (Å²) >= 11 is 0. The van der Waals surface area contributed by atoms with Crippen LogP contribution < -0.4 is 16.2 Å². The fourth-order valence-electron chi connectivity index (χ4n) is 12.6. The Bertz CT molecular complexity index is 4500. The van der Waals surface area contributed by atoms with Crippen molar-refractivity contribution in [2.45, 2.75) is 77.6 Å². The Morgan fingerprint density at radius 3 is 1.97 bits per heavy atom. The van der Waals surface area contributed by atoms with Crippen LogP contribution in [-0.2, 0) is 16.2 Å². The third-order valence-corrected chi connectivity index (χ3v) is 16.8. The third-order valence-electron chi connectivity index (χ3n) is 16.8. The minimum absolute atomic E-state index is 0.0342. The molecule has 0 atom stereocenters. The summed E-state index contributed by atoms with van der Waals surface area (Å²) in [5.41, 5.74) is 21.8. The van der Waals surface area contributed by atoms with Gasteiger partial charge in [-0.1, -0.05) is 145 Å². The highest BCUT2D eigenvalue weighted by atomic mass is 16.3. The number of hydrogen-bond donors (Lipinski definition) is 1. The van der Waals surface area contributed by atoms with Gasteiger partial charge in [-0.15, -0.1) is 0 Å². The first-order chi connectivity index (χ1) is 35.8. The van der Waals surface area contributed by atoms with Crippen molar-refractivity contribution in [2.24, 2.45) is 0 Å². The van der Waals surface area contributed by atoms with E-state index >= 15 is 0 Å². The SMILES string of the molecule is CC(C)(C)c1ccc(Nc2cc3c(cc2-c2ccc4c5cc6oc7ccccc7c6cc5n5c4c2[B]c2cc4nc(-c6ccccc6)n(-c6ccccc6)c4cc2-5)oc2cc4c(cc23)C(C)(C)CCC4(C)C)cc1. The molecule has 2 aliphatic rings. The first-order valence-electron chi connectivity index (χ1n) is 26.1. The number of fused-ring (bicyclic) bond motifs is 13. The molecule has 0 fully saturated rings. The summed E-state index contributed by atoms with van der Waals surface area (Å²) in [6, 6.07) is 61.8. The molecule has 74 heavy (non-hydrogen) atoms. The first-order valence-corrected chi connectivity index (χ1v) is 26.1. The Morgan fingerprint density at radius 1 is 0.541 bits per heavy atom. The van der Waals surface area contributed by atoms with Crippen molar-refractivity contribution in [2.75, 3.05) is 5.32 Å². The van der Waals surface area contributed by atoms with Gasteiger partial charge in [-0.05, 0) is 136 Å². The maximum Gasteiger partial charge on any atom is 0.198 e. The van der Waals surface area contributed by atoms with Gasteiger partial charge in [0.2, 0.25) is 0 Å². The molecule has 5 heterocycles.